The number of nitrogens with zero attached hydrogens (tertiary/aromatic N) is 1. The maximum atomic E-state index is 12.3. The average molecular weight is 263 g/mol. The van der Waals surface area contributed by atoms with Gasteiger partial charge in [-0.25, -0.2) is 4.98 Å². The monoisotopic (exact) mass is 263 g/mol. The van der Waals surface area contributed by atoms with Gasteiger partial charge in [0.1, 0.15) is 0 Å². The third kappa shape index (κ3) is 3.04. The molecule has 1 atom stereocenters. The van der Waals surface area contributed by atoms with E-state index in [4.69, 9.17) is 4.74 Å². The second-order valence-electron chi connectivity index (χ2n) is 4.86. The number of amides is 1. The first-order chi connectivity index (χ1) is 9.20. The highest BCUT2D eigenvalue weighted by atomic mass is 16.5. The van der Waals surface area contributed by atoms with Gasteiger partial charge in [0.05, 0.1) is 12.6 Å². The van der Waals surface area contributed by atoms with Crippen LogP contribution in [0.4, 0.5) is 0 Å². The Morgan fingerprint density at radius 1 is 1.63 bits per heavy atom. The molecule has 5 heteroatoms. The molecule has 1 fully saturated rings. The zero-order valence-electron chi connectivity index (χ0n) is 11.5. The number of carbonyl (C=O) groups is 1. The molecule has 0 saturated carbocycles. The van der Waals surface area contributed by atoms with E-state index >= 15 is 0 Å². The van der Waals surface area contributed by atoms with Crippen LogP contribution < -0.4 is 15.4 Å². The highest BCUT2D eigenvalue weighted by molar-refractivity contribution is 5.86. The fourth-order valence-electron chi connectivity index (χ4n) is 2.49. The van der Waals surface area contributed by atoms with E-state index < -0.39 is 0 Å². The first kappa shape index (κ1) is 13.8. The summed E-state index contributed by atoms with van der Waals surface area (Å²) >= 11 is 0. The van der Waals surface area contributed by atoms with E-state index in [9.17, 15) is 4.79 Å². The molecule has 0 aliphatic carbocycles. The molecular formula is C14H21N3O2. The van der Waals surface area contributed by atoms with Gasteiger partial charge in [0, 0.05) is 18.8 Å². The molecule has 1 saturated heterocycles. The standard InChI is InChI=1S/C14H21N3O2/c1-3-14(6-4-7-17-14)13(18)16-10-11-5-8-15-12(9-11)19-2/h5,8-9,17H,3-4,6-7,10H2,1-2H3,(H,16,18). The van der Waals surface area contributed by atoms with Crippen LogP contribution in [0.15, 0.2) is 18.3 Å². The summed E-state index contributed by atoms with van der Waals surface area (Å²) in [6.07, 6.45) is 4.47. The van der Waals surface area contributed by atoms with Crippen LogP contribution in [0.25, 0.3) is 0 Å². The topological polar surface area (TPSA) is 63.2 Å². The Bertz CT molecular complexity index is 442. The first-order valence-electron chi connectivity index (χ1n) is 6.72. The second kappa shape index (κ2) is 6.02. The molecule has 5 nitrogen and oxygen atoms in total. The van der Waals surface area contributed by atoms with Crippen molar-refractivity contribution in [3.05, 3.63) is 23.9 Å². The van der Waals surface area contributed by atoms with E-state index in [1.807, 2.05) is 19.1 Å². The average Bonchev–Trinajstić information content (AvgIpc) is 2.95. The number of carbonyl (C=O) groups excluding carboxylic acids is 1. The summed E-state index contributed by atoms with van der Waals surface area (Å²) < 4.78 is 5.07. The normalized spacial score (nSPS) is 22.2. The number of nitrogens with one attached hydrogen (secondary N) is 2. The summed E-state index contributed by atoms with van der Waals surface area (Å²) in [4.78, 5) is 16.4. The van der Waals surface area contributed by atoms with Gasteiger partial charge in [0.2, 0.25) is 11.8 Å². The molecule has 1 aromatic rings. The molecule has 1 amide bonds. The lowest BCUT2D eigenvalue weighted by molar-refractivity contribution is -0.127. The molecule has 1 aliphatic rings. The van der Waals surface area contributed by atoms with E-state index in [0.717, 1.165) is 31.4 Å². The number of aromatic nitrogens is 1. The fraction of sp³-hybridized carbons (Fsp3) is 0.571. The molecule has 1 aliphatic heterocycles. The highest BCUT2D eigenvalue weighted by Crippen LogP contribution is 2.23. The quantitative estimate of drug-likeness (QED) is 0.839. The Morgan fingerprint density at radius 2 is 2.47 bits per heavy atom. The van der Waals surface area contributed by atoms with Crippen molar-refractivity contribution < 1.29 is 9.53 Å². The maximum Gasteiger partial charge on any atom is 0.240 e. The number of hydrogen-bond donors (Lipinski definition) is 2. The van der Waals surface area contributed by atoms with Crippen LogP contribution in [-0.4, -0.2) is 30.1 Å². The zero-order chi connectivity index (χ0) is 13.7. The molecule has 2 N–H and O–H groups in total. The smallest absolute Gasteiger partial charge is 0.240 e. The van der Waals surface area contributed by atoms with Gasteiger partial charge in [-0.15, -0.1) is 0 Å². The van der Waals surface area contributed by atoms with Crippen molar-refractivity contribution in [2.45, 2.75) is 38.3 Å². The van der Waals surface area contributed by atoms with Crippen molar-refractivity contribution in [2.75, 3.05) is 13.7 Å². The van der Waals surface area contributed by atoms with Crippen LogP contribution >= 0.6 is 0 Å². The van der Waals surface area contributed by atoms with Gasteiger partial charge in [0.25, 0.3) is 0 Å². The molecule has 104 valence electrons. The molecule has 0 bridgehead atoms. The summed E-state index contributed by atoms with van der Waals surface area (Å²) in [6, 6.07) is 3.71. The van der Waals surface area contributed by atoms with E-state index in [1.54, 1.807) is 13.3 Å². The number of methoxy groups -OCH3 is 1. The molecule has 1 unspecified atom stereocenters. The van der Waals surface area contributed by atoms with Gasteiger partial charge in [-0.3, -0.25) is 4.79 Å². The summed E-state index contributed by atoms with van der Waals surface area (Å²) in [7, 11) is 1.58. The van der Waals surface area contributed by atoms with Crippen LogP contribution in [0.1, 0.15) is 31.7 Å². The van der Waals surface area contributed by atoms with Gasteiger partial charge in [-0.1, -0.05) is 6.92 Å². The third-order valence-electron chi connectivity index (χ3n) is 3.74. The van der Waals surface area contributed by atoms with Crippen LogP contribution in [0.2, 0.25) is 0 Å². The van der Waals surface area contributed by atoms with E-state index in [1.165, 1.54) is 0 Å². The minimum absolute atomic E-state index is 0.0864. The van der Waals surface area contributed by atoms with E-state index in [2.05, 4.69) is 15.6 Å². The van der Waals surface area contributed by atoms with Crippen LogP contribution in [0, 0.1) is 0 Å². The maximum absolute atomic E-state index is 12.3. The summed E-state index contributed by atoms with van der Waals surface area (Å²) in [5.41, 5.74) is 0.612. The van der Waals surface area contributed by atoms with Crippen molar-refractivity contribution in [1.82, 2.24) is 15.6 Å². The first-order valence-corrected chi connectivity index (χ1v) is 6.72. The van der Waals surface area contributed by atoms with Crippen molar-refractivity contribution in [3.8, 4) is 5.88 Å². The number of rotatable bonds is 5. The Labute approximate surface area is 113 Å². The third-order valence-corrected chi connectivity index (χ3v) is 3.74. The van der Waals surface area contributed by atoms with Gasteiger partial charge in [0.15, 0.2) is 0 Å². The van der Waals surface area contributed by atoms with Crippen molar-refractivity contribution in [2.24, 2.45) is 0 Å². The largest absolute Gasteiger partial charge is 0.481 e. The lowest BCUT2D eigenvalue weighted by Gasteiger charge is -2.26. The summed E-state index contributed by atoms with van der Waals surface area (Å²) in [5.74, 6) is 0.652. The van der Waals surface area contributed by atoms with Gasteiger partial charge in [-0.05, 0) is 37.4 Å². The Kier molecular flexibility index (Phi) is 4.37. The van der Waals surface area contributed by atoms with Crippen molar-refractivity contribution in [1.29, 1.82) is 0 Å². The minimum Gasteiger partial charge on any atom is -0.481 e. The van der Waals surface area contributed by atoms with Crippen LogP contribution in [0.3, 0.4) is 0 Å². The van der Waals surface area contributed by atoms with E-state index in [-0.39, 0.29) is 11.4 Å². The Balaban J connectivity index is 1.96. The predicted octanol–water partition coefficient (Wildman–Crippen LogP) is 1.24. The molecule has 0 aromatic carbocycles. The van der Waals surface area contributed by atoms with Crippen molar-refractivity contribution in [3.63, 3.8) is 0 Å². The van der Waals surface area contributed by atoms with Crippen molar-refractivity contribution >= 4 is 5.91 Å². The van der Waals surface area contributed by atoms with Crippen LogP contribution in [0.5, 0.6) is 5.88 Å². The molecule has 0 radical (unpaired) electrons. The summed E-state index contributed by atoms with van der Waals surface area (Å²) in [5, 5.41) is 6.33. The Hall–Kier alpha value is -1.62. The van der Waals surface area contributed by atoms with E-state index in [0.29, 0.717) is 12.4 Å². The molecular weight excluding hydrogens is 242 g/mol. The predicted molar refractivity (Wildman–Crippen MR) is 72.9 cm³/mol. The zero-order valence-corrected chi connectivity index (χ0v) is 11.5. The number of pyridine rings is 1. The molecule has 19 heavy (non-hydrogen) atoms. The van der Waals surface area contributed by atoms with Crippen LogP contribution in [-0.2, 0) is 11.3 Å². The highest BCUT2D eigenvalue weighted by Gasteiger charge is 2.38. The molecule has 2 heterocycles. The second-order valence-corrected chi connectivity index (χ2v) is 4.86. The Morgan fingerprint density at radius 3 is 3.11 bits per heavy atom. The lowest BCUT2D eigenvalue weighted by Crippen LogP contribution is -2.52. The number of ether oxygens (including phenoxy) is 1. The van der Waals surface area contributed by atoms with Gasteiger partial charge < -0.3 is 15.4 Å². The minimum atomic E-state index is -0.378. The van der Waals surface area contributed by atoms with Gasteiger partial charge in [-0.2, -0.15) is 0 Å². The fourth-order valence-corrected chi connectivity index (χ4v) is 2.49. The lowest BCUT2D eigenvalue weighted by atomic mass is 9.93. The molecule has 0 spiro atoms. The SMILES string of the molecule is CCC1(C(=O)NCc2ccnc(OC)c2)CCCN1. The van der Waals surface area contributed by atoms with Gasteiger partial charge >= 0.3 is 0 Å². The molecule has 1 aromatic heterocycles. The molecule has 2 rings (SSSR count). The number of hydrogen-bond acceptors (Lipinski definition) is 4. The summed E-state index contributed by atoms with van der Waals surface area (Å²) in [6.45, 7) is 3.47.